The lowest BCUT2D eigenvalue weighted by Gasteiger charge is -2.08. The molecule has 2 aromatic heterocycles. The van der Waals surface area contributed by atoms with Gasteiger partial charge in [0.15, 0.2) is 5.78 Å². The summed E-state index contributed by atoms with van der Waals surface area (Å²) in [6.07, 6.45) is 4.00. The Morgan fingerprint density at radius 1 is 1.08 bits per heavy atom. The highest BCUT2D eigenvalue weighted by molar-refractivity contribution is 6.17. The first-order valence-electron chi connectivity index (χ1n) is 8.67. The van der Waals surface area contributed by atoms with Gasteiger partial charge in [-0.25, -0.2) is 0 Å². The first kappa shape index (κ1) is 16.3. The van der Waals surface area contributed by atoms with Gasteiger partial charge in [-0.15, -0.1) is 0 Å². The molecule has 3 heteroatoms. The number of Topliss-reactive ketones (excluding diaryl/α,β-unsaturated/α-hetero) is 1. The van der Waals surface area contributed by atoms with Crippen LogP contribution in [0.15, 0.2) is 66.4 Å². The van der Waals surface area contributed by atoms with Crippen LogP contribution in [0.3, 0.4) is 0 Å². The van der Waals surface area contributed by atoms with E-state index in [2.05, 4.69) is 33.8 Å². The first-order valence-corrected chi connectivity index (χ1v) is 8.67. The Balaban J connectivity index is 1.76. The Labute approximate surface area is 152 Å². The Bertz CT molecular complexity index is 1180. The maximum absolute atomic E-state index is 13.1. The van der Waals surface area contributed by atoms with Gasteiger partial charge in [-0.3, -0.25) is 9.78 Å². The standard InChI is InChI=1S/C23H20N2O/c1-15(12-17-8-9-22-18(14-17)10-11-25(22)3)23(26)20-13-16(2)24-21-7-5-4-6-19(20)21/h4-14H,1-3H3/b15-12+. The van der Waals surface area contributed by atoms with E-state index >= 15 is 0 Å². The van der Waals surface area contributed by atoms with Crippen molar-refractivity contribution >= 4 is 33.7 Å². The molecule has 2 aromatic carbocycles. The molecule has 0 saturated heterocycles. The van der Waals surface area contributed by atoms with Crippen LogP contribution in [0.4, 0.5) is 0 Å². The van der Waals surface area contributed by atoms with Gasteiger partial charge in [-0.1, -0.05) is 24.3 Å². The SMILES string of the molecule is C/C(=C\c1ccc2c(ccn2C)c1)C(=O)c1cc(C)nc2ccccc12. The third-order valence-corrected chi connectivity index (χ3v) is 4.74. The maximum Gasteiger partial charge on any atom is 0.189 e. The van der Waals surface area contributed by atoms with Crippen LogP contribution in [0.25, 0.3) is 27.9 Å². The number of fused-ring (bicyclic) bond motifs is 2. The van der Waals surface area contributed by atoms with Gasteiger partial charge in [-0.05, 0) is 61.4 Å². The maximum atomic E-state index is 13.1. The van der Waals surface area contributed by atoms with Gasteiger partial charge in [0, 0.05) is 40.8 Å². The van der Waals surface area contributed by atoms with Gasteiger partial charge in [0.05, 0.1) is 5.52 Å². The largest absolute Gasteiger partial charge is 0.351 e. The normalized spacial score (nSPS) is 12.0. The number of rotatable bonds is 3. The molecule has 4 aromatic rings. The number of hydrogen-bond donors (Lipinski definition) is 0. The molecule has 0 aliphatic heterocycles. The second kappa shape index (κ2) is 6.26. The Kier molecular flexibility index (Phi) is 3.92. The van der Waals surface area contributed by atoms with Crippen LogP contribution in [-0.4, -0.2) is 15.3 Å². The van der Waals surface area contributed by atoms with Crippen molar-refractivity contribution in [2.75, 3.05) is 0 Å². The molecule has 0 aliphatic carbocycles. The second-order valence-corrected chi connectivity index (χ2v) is 6.73. The van der Waals surface area contributed by atoms with Gasteiger partial charge >= 0.3 is 0 Å². The lowest BCUT2D eigenvalue weighted by molar-refractivity contribution is 0.103. The fourth-order valence-corrected chi connectivity index (χ4v) is 3.41. The number of ketones is 1. The summed E-state index contributed by atoms with van der Waals surface area (Å²) in [5, 5.41) is 2.07. The minimum absolute atomic E-state index is 0.0415. The first-order chi connectivity index (χ1) is 12.5. The predicted octanol–water partition coefficient (Wildman–Crippen LogP) is 5.32. The number of hydrogen-bond acceptors (Lipinski definition) is 2. The van der Waals surface area contributed by atoms with E-state index in [1.807, 2.05) is 63.5 Å². The molecule has 26 heavy (non-hydrogen) atoms. The van der Waals surface area contributed by atoms with Crippen LogP contribution in [-0.2, 0) is 7.05 Å². The minimum atomic E-state index is 0.0415. The number of benzene rings is 2. The van der Waals surface area contributed by atoms with Gasteiger partial charge in [0.1, 0.15) is 0 Å². The number of aromatic nitrogens is 2. The van der Waals surface area contributed by atoms with Crippen molar-refractivity contribution in [3.63, 3.8) is 0 Å². The summed E-state index contributed by atoms with van der Waals surface area (Å²) in [7, 11) is 2.03. The number of carbonyl (C=O) groups is 1. The fourth-order valence-electron chi connectivity index (χ4n) is 3.41. The molecule has 2 heterocycles. The molecule has 0 amide bonds. The summed E-state index contributed by atoms with van der Waals surface area (Å²) in [4.78, 5) is 17.6. The quantitative estimate of drug-likeness (QED) is 0.374. The molecule has 0 aliphatic rings. The van der Waals surface area contributed by atoms with E-state index in [0.29, 0.717) is 5.56 Å². The average molecular weight is 340 g/mol. The van der Waals surface area contributed by atoms with E-state index in [1.54, 1.807) is 0 Å². The highest BCUT2D eigenvalue weighted by Crippen LogP contribution is 2.23. The van der Waals surface area contributed by atoms with Gasteiger partial charge in [-0.2, -0.15) is 0 Å². The van der Waals surface area contributed by atoms with Crippen molar-refractivity contribution < 1.29 is 4.79 Å². The van der Waals surface area contributed by atoms with Crippen LogP contribution in [0.2, 0.25) is 0 Å². The molecule has 3 nitrogen and oxygen atoms in total. The zero-order valence-corrected chi connectivity index (χ0v) is 15.2. The summed E-state index contributed by atoms with van der Waals surface area (Å²) in [6.45, 7) is 3.80. The molecule has 0 N–H and O–H groups in total. The van der Waals surface area contributed by atoms with Gasteiger partial charge < -0.3 is 4.57 Å². The third-order valence-electron chi connectivity index (χ3n) is 4.74. The second-order valence-electron chi connectivity index (χ2n) is 6.73. The summed E-state index contributed by atoms with van der Waals surface area (Å²) >= 11 is 0. The fraction of sp³-hybridized carbons (Fsp3) is 0.130. The summed E-state index contributed by atoms with van der Waals surface area (Å²) in [5.41, 5.74) is 5.35. The van der Waals surface area contributed by atoms with Crippen LogP contribution in [0, 0.1) is 6.92 Å². The Morgan fingerprint density at radius 2 is 1.88 bits per heavy atom. The van der Waals surface area contributed by atoms with Crippen LogP contribution < -0.4 is 0 Å². The van der Waals surface area contributed by atoms with Gasteiger partial charge in [0.2, 0.25) is 0 Å². The molecular weight excluding hydrogens is 320 g/mol. The van der Waals surface area contributed by atoms with Crippen LogP contribution in [0.5, 0.6) is 0 Å². The average Bonchev–Trinajstić information content (AvgIpc) is 3.00. The molecule has 0 spiro atoms. The van der Waals surface area contributed by atoms with E-state index in [1.165, 1.54) is 10.9 Å². The monoisotopic (exact) mass is 340 g/mol. The van der Waals surface area contributed by atoms with Crippen LogP contribution >= 0.6 is 0 Å². The Morgan fingerprint density at radius 3 is 2.73 bits per heavy atom. The van der Waals surface area contributed by atoms with E-state index < -0.39 is 0 Å². The van der Waals surface area contributed by atoms with Crippen molar-refractivity contribution in [1.29, 1.82) is 0 Å². The van der Waals surface area contributed by atoms with Crippen molar-refractivity contribution in [1.82, 2.24) is 9.55 Å². The van der Waals surface area contributed by atoms with E-state index in [-0.39, 0.29) is 5.78 Å². The molecule has 0 saturated carbocycles. The van der Waals surface area contributed by atoms with Gasteiger partial charge in [0.25, 0.3) is 0 Å². The minimum Gasteiger partial charge on any atom is -0.351 e. The van der Waals surface area contributed by atoms with E-state index in [9.17, 15) is 4.79 Å². The van der Waals surface area contributed by atoms with Crippen molar-refractivity contribution in [2.24, 2.45) is 7.05 Å². The number of aryl methyl sites for hydroxylation is 2. The molecule has 0 atom stereocenters. The predicted molar refractivity (Wildman–Crippen MR) is 107 cm³/mol. The number of para-hydroxylation sites is 1. The lowest BCUT2D eigenvalue weighted by atomic mass is 9.98. The number of allylic oxidation sites excluding steroid dienone is 1. The molecule has 0 fully saturated rings. The molecule has 4 rings (SSSR count). The molecule has 128 valence electrons. The molecule has 0 unspecified atom stereocenters. The van der Waals surface area contributed by atoms with E-state index in [0.717, 1.165) is 27.7 Å². The number of pyridine rings is 1. The smallest absolute Gasteiger partial charge is 0.189 e. The van der Waals surface area contributed by atoms with Crippen molar-refractivity contribution in [3.8, 4) is 0 Å². The van der Waals surface area contributed by atoms with Crippen LogP contribution in [0.1, 0.15) is 28.5 Å². The summed E-state index contributed by atoms with van der Waals surface area (Å²) in [6, 6.07) is 18.0. The molecule has 0 radical (unpaired) electrons. The number of nitrogens with zero attached hydrogens (tertiary/aromatic N) is 2. The topological polar surface area (TPSA) is 34.9 Å². The molecular formula is C23H20N2O. The van der Waals surface area contributed by atoms with E-state index in [4.69, 9.17) is 0 Å². The summed E-state index contributed by atoms with van der Waals surface area (Å²) < 4.78 is 2.09. The summed E-state index contributed by atoms with van der Waals surface area (Å²) in [5.74, 6) is 0.0415. The lowest BCUT2D eigenvalue weighted by Crippen LogP contribution is -2.03. The van der Waals surface area contributed by atoms with Crippen molar-refractivity contribution in [2.45, 2.75) is 13.8 Å². The highest BCUT2D eigenvalue weighted by atomic mass is 16.1. The Hall–Kier alpha value is -3.20. The zero-order chi connectivity index (χ0) is 18.3. The molecule has 0 bridgehead atoms. The zero-order valence-electron chi connectivity index (χ0n) is 15.2. The third kappa shape index (κ3) is 2.82. The van der Waals surface area contributed by atoms with Crippen molar-refractivity contribution in [3.05, 3.63) is 83.2 Å². The highest BCUT2D eigenvalue weighted by Gasteiger charge is 2.13. The number of carbonyl (C=O) groups excluding carboxylic acids is 1.